The Morgan fingerprint density at radius 1 is 1.19 bits per heavy atom. The van der Waals surface area contributed by atoms with E-state index >= 15 is 0 Å². The number of aromatic nitrogens is 2. The molecule has 0 saturated carbocycles. The average Bonchev–Trinajstić information content (AvgIpc) is 2.26. The zero-order valence-corrected chi connectivity index (χ0v) is 8.54. The van der Waals surface area contributed by atoms with Gasteiger partial charge < -0.3 is 5.73 Å². The van der Waals surface area contributed by atoms with Gasteiger partial charge >= 0.3 is 0 Å². The second-order valence-electron chi connectivity index (χ2n) is 3.34. The first-order valence-electron chi connectivity index (χ1n) is 4.63. The molecule has 0 aliphatic rings. The molecule has 16 heavy (non-hydrogen) atoms. The molecule has 5 heteroatoms. The van der Waals surface area contributed by atoms with Gasteiger partial charge in [-0.1, -0.05) is 0 Å². The third-order valence-corrected chi connectivity index (χ3v) is 2.16. The molecule has 82 valence electrons. The molecular formula is C11H9F2N3. The van der Waals surface area contributed by atoms with Crippen molar-refractivity contribution in [1.82, 2.24) is 9.97 Å². The highest BCUT2D eigenvalue weighted by Crippen LogP contribution is 2.25. The van der Waals surface area contributed by atoms with Gasteiger partial charge in [-0.15, -0.1) is 0 Å². The van der Waals surface area contributed by atoms with E-state index in [2.05, 4.69) is 9.97 Å². The molecule has 1 heterocycles. The summed E-state index contributed by atoms with van der Waals surface area (Å²) in [4.78, 5) is 7.96. The molecule has 0 aliphatic carbocycles. The molecule has 0 radical (unpaired) electrons. The molecule has 0 amide bonds. The Hall–Kier alpha value is -2.04. The minimum Gasteiger partial charge on any atom is -0.394 e. The van der Waals surface area contributed by atoms with Gasteiger partial charge in [0, 0.05) is 11.9 Å². The number of anilines is 1. The van der Waals surface area contributed by atoms with Crippen LogP contribution < -0.4 is 5.73 Å². The molecule has 3 nitrogen and oxygen atoms in total. The molecule has 0 bridgehead atoms. The van der Waals surface area contributed by atoms with E-state index in [9.17, 15) is 8.78 Å². The van der Waals surface area contributed by atoms with E-state index in [0.717, 1.165) is 6.07 Å². The van der Waals surface area contributed by atoms with Crippen LogP contribution in [-0.2, 0) is 0 Å². The monoisotopic (exact) mass is 221 g/mol. The number of nitrogens with two attached hydrogens (primary N) is 1. The van der Waals surface area contributed by atoms with Crippen LogP contribution in [0.2, 0.25) is 0 Å². The van der Waals surface area contributed by atoms with Crippen LogP contribution in [0.5, 0.6) is 0 Å². The predicted octanol–water partition coefficient (Wildman–Crippen LogP) is 2.31. The van der Waals surface area contributed by atoms with E-state index in [1.165, 1.54) is 12.3 Å². The van der Waals surface area contributed by atoms with E-state index in [0.29, 0.717) is 5.69 Å². The Balaban J connectivity index is 2.61. The van der Waals surface area contributed by atoms with Crippen LogP contribution in [0.25, 0.3) is 11.4 Å². The van der Waals surface area contributed by atoms with E-state index in [1.807, 2.05) is 0 Å². The van der Waals surface area contributed by atoms with Gasteiger partial charge in [0.1, 0.15) is 11.5 Å². The Kier molecular flexibility index (Phi) is 2.52. The van der Waals surface area contributed by atoms with Gasteiger partial charge in [0.2, 0.25) is 0 Å². The van der Waals surface area contributed by atoms with E-state index in [4.69, 9.17) is 5.73 Å². The number of aryl methyl sites for hydroxylation is 1. The lowest BCUT2D eigenvalue weighted by molar-refractivity contribution is 0.593. The van der Waals surface area contributed by atoms with Crippen molar-refractivity contribution in [3.63, 3.8) is 0 Å². The summed E-state index contributed by atoms with van der Waals surface area (Å²) in [7, 11) is 0. The third kappa shape index (κ3) is 1.71. The first-order valence-corrected chi connectivity index (χ1v) is 4.63. The first kappa shape index (κ1) is 10.5. The zero-order chi connectivity index (χ0) is 11.7. The van der Waals surface area contributed by atoms with Crippen LogP contribution in [0.3, 0.4) is 0 Å². The van der Waals surface area contributed by atoms with Crippen molar-refractivity contribution < 1.29 is 8.78 Å². The van der Waals surface area contributed by atoms with Crippen LogP contribution in [0.15, 0.2) is 24.4 Å². The largest absolute Gasteiger partial charge is 0.394 e. The summed E-state index contributed by atoms with van der Waals surface area (Å²) >= 11 is 0. The van der Waals surface area contributed by atoms with Crippen molar-refractivity contribution in [1.29, 1.82) is 0 Å². The molecule has 2 aromatic rings. The second kappa shape index (κ2) is 3.84. The number of hydrogen-bond acceptors (Lipinski definition) is 3. The van der Waals surface area contributed by atoms with Crippen molar-refractivity contribution >= 4 is 5.69 Å². The number of nitrogens with zero attached hydrogens (tertiary/aromatic N) is 2. The van der Waals surface area contributed by atoms with Gasteiger partial charge in [-0.25, -0.2) is 18.7 Å². The Bertz CT molecular complexity index is 541. The Morgan fingerprint density at radius 2 is 1.94 bits per heavy atom. The van der Waals surface area contributed by atoms with Crippen LogP contribution in [0, 0.1) is 18.6 Å². The summed E-state index contributed by atoms with van der Waals surface area (Å²) in [6.07, 6.45) is 1.51. The molecule has 0 atom stereocenters. The fourth-order valence-corrected chi connectivity index (χ4v) is 1.32. The maximum Gasteiger partial charge on any atom is 0.162 e. The van der Waals surface area contributed by atoms with Crippen molar-refractivity contribution in [2.75, 3.05) is 5.73 Å². The van der Waals surface area contributed by atoms with Gasteiger partial charge in [0.25, 0.3) is 0 Å². The maximum absolute atomic E-state index is 13.6. The number of hydrogen-bond donors (Lipinski definition) is 1. The highest BCUT2D eigenvalue weighted by atomic mass is 19.1. The lowest BCUT2D eigenvalue weighted by Gasteiger charge is -2.05. The molecule has 0 spiro atoms. The van der Waals surface area contributed by atoms with Gasteiger partial charge in [-0.3, -0.25) is 0 Å². The number of rotatable bonds is 1. The number of halogens is 2. The van der Waals surface area contributed by atoms with Gasteiger partial charge in [0.15, 0.2) is 11.6 Å². The van der Waals surface area contributed by atoms with E-state index < -0.39 is 17.3 Å². The molecule has 1 aromatic heterocycles. The molecule has 0 saturated heterocycles. The van der Waals surface area contributed by atoms with Crippen LogP contribution in [-0.4, -0.2) is 9.97 Å². The van der Waals surface area contributed by atoms with E-state index in [1.54, 1.807) is 13.0 Å². The van der Waals surface area contributed by atoms with Crippen LogP contribution in [0.1, 0.15) is 5.69 Å². The minimum absolute atomic E-state index is 0.0996. The SMILES string of the molecule is Cc1ccnc(-c2ccc(F)c(N)c2F)n1. The van der Waals surface area contributed by atoms with Gasteiger partial charge in [-0.2, -0.15) is 0 Å². The molecule has 2 rings (SSSR count). The molecule has 2 N–H and O–H groups in total. The Morgan fingerprint density at radius 3 is 2.62 bits per heavy atom. The standard InChI is InChI=1S/C11H9F2N3/c1-6-4-5-15-11(16-6)7-2-3-8(12)10(14)9(7)13/h2-5H,14H2,1H3. The maximum atomic E-state index is 13.6. The summed E-state index contributed by atoms with van der Waals surface area (Å²) < 4.78 is 26.6. The predicted molar refractivity (Wildman–Crippen MR) is 56.5 cm³/mol. The van der Waals surface area contributed by atoms with Crippen molar-refractivity contribution in [3.8, 4) is 11.4 Å². The van der Waals surface area contributed by atoms with Crippen molar-refractivity contribution in [2.24, 2.45) is 0 Å². The van der Waals surface area contributed by atoms with Gasteiger partial charge in [0.05, 0.1) is 5.56 Å². The fourth-order valence-electron chi connectivity index (χ4n) is 1.32. The van der Waals surface area contributed by atoms with Crippen molar-refractivity contribution in [3.05, 3.63) is 41.7 Å². The lowest BCUT2D eigenvalue weighted by Crippen LogP contribution is -2.00. The highest BCUT2D eigenvalue weighted by Gasteiger charge is 2.13. The zero-order valence-electron chi connectivity index (χ0n) is 8.54. The molecule has 0 unspecified atom stereocenters. The normalized spacial score (nSPS) is 10.4. The Labute approximate surface area is 91.0 Å². The number of nitrogen functional groups attached to an aromatic ring is 1. The summed E-state index contributed by atoms with van der Waals surface area (Å²) in [6, 6.07) is 4.06. The summed E-state index contributed by atoms with van der Waals surface area (Å²) in [5, 5.41) is 0. The molecular weight excluding hydrogens is 212 g/mol. The van der Waals surface area contributed by atoms with Gasteiger partial charge in [-0.05, 0) is 25.1 Å². The topological polar surface area (TPSA) is 51.8 Å². The van der Waals surface area contributed by atoms with Crippen molar-refractivity contribution in [2.45, 2.75) is 6.92 Å². The smallest absolute Gasteiger partial charge is 0.162 e. The van der Waals surface area contributed by atoms with Crippen LogP contribution in [0.4, 0.5) is 14.5 Å². The average molecular weight is 221 g/mol. The summed E-state index contributed by atoms with van der Waals surface area (Å²) in [6.45, 7) is 1.76. The molecule has 0 fully saturated rings. The second-order valence-corrected chi connectivity index (χ2v) is 3.34. The number of benzene rings is 1. The quantitative estimate of drug-likeness (QED) is 0.752. The molecule has 0 aliphatic heterocycles. The summed E-state index contributed by atoms with van der Waals surface area (Å²) in [5.41, 5.74) is 5.54. The first-order chi connectivity index (χ1) is 7.59. The third-order valence-electron chi connectivity index (χ3n) is 2.16. The van der Waals surface area contributed by atoms with E-state index in [-0.39, 0.29) is 11.4 Å². The minimum atomic E-state index is -0.828. The van der Waals surface area contributed by atoms with Crippen LogP contribution >= 0.6 is 0 Å². The highest BCUT2D eigenvalue weighted by molar-refractivity contribution is 5.62. The lowest BCUT2D eigenvalue weighted by atomic mass is 10.1. The summed E-state index contributed by atoms with van der Waals surface area (Å²) in [5.74, 6) is -1.41. The fraction of sp³-hybridized carbons (Fsp3) is 0.0909. The molecule has 1 aromatic carbocycles.